The van der Waals surface area contributed by atoms with Crippen molar-refractivity contribution in [2.75, 3.05) is 25.5 Å². The van der Waals surface area contributed by atoms with Crippen LogP contribution in [0.1, 0.15) is 35.2 Å². The molecule has 2 amide bonds. The van der Waals surface area contributed by atoms with E-state index < -0.39 is 0 Å². The van der Waals surface area contributed by atoms with Gasteiger partial charge in [-0.1, -0.05) is 41.9 Å². The maximum absolute atomic E-state index is 12.9. The Morgan fingerprint density at radius 2 is 1.93 bits per heavy atom. The van der Waals surface area contributed by atoms with Crippen molar-refractivity contribution in [3.05, 3.63) is 58.6 Å². The first kappa shape index (κ1) is 20.7. The maximum Gasteiger partial charge on any atom is 0.255 e. The Morgan fingerprint density at radius 3 is 2.63 bits per heavy atom. The molecule has 1 saturated heterocycles. The number of hydrogen-bond acceptors (Lipinski definition) is 4. The molecule has 2 N–H and O–H groups in total. The summed E-state index contributed by atoms with van der Waals surface area (Å²) in [5.74, 6) is 0.194. The molecule has 30 heavy (non-hydrogen) atoms. The van der Waals surface area contributed by atoms with Crippen LogP contribution in [0, 0.1) is 5.92 Å². The number of anilines is 1. The fourth-order valence-corrected chi connectivity index (χ4v) is 3.99. The van der Waals surface area contributed by atoms with Crippen molar-refractivity contribution in [1.82, 2.24) is 10.2 Å². The number of ether oxygens (including phenoxy) is 1. The zero-order chi connectivity index (χ0) is 21.1. The second-order valence-electron chi connectivity index (χ2n) is 7.98. The van der Waals surface area contributed by atoms with E-state index in [1.54, 1.807) is 12.1 Å². The third-order valence-corrected chi connectivity index (χ3v) is 5.91. The van der Waals surface area contributed by atoms with Gasteiger partial charge in [-0.05, 0) is 30.9 Å². The standard InChI is InChI=1S/C23H26ClN3O3/c1-30-21-12-20(26-22(28)16-7-8-16)19(24)11-18(21)23(29)25-17-9-10-27(14-17)13-15-5-3-2-4-6-15/h2-6,11-12,16-17H,7-10,13-14H2,1H3,(H,25,29)(H,26,28)/t17-/m1/s1. The summed E-state index contributed by atoms with van der Waals surface area (Å²) in [6.45, 7) is 2.60. The average molecular weight is 428 g/mol. The summed E-state index contributed by atoms with van der Waals surface area (Å²) in [5, 5.41) is 6.25. The highest BCUT2D eigenvalue weighted by Crippen LogP contribution is 2.34. The third-order valence-electron chi connectivity index (χ3n) is 5.60. The van der Waals surface area contributed by atoms with Crippen LogP contribution >= 0.6 is 11.6 Å². The summed E-state index contributed by atoms with van der Waals surface area (Å²) in [6, 6.07) is 13.6. The zero-order valence-corrected chi connectivity index (χ0v) is 17.7. The molecule has 158 valence electrons. The quantitative estimate of drug-likeness (QED) is 0.706. The van der Waals surface area contributed by atoms with Crippen LogP contribution in [0.25, 0.3) is 0 Å². The average Bonchev–Trinajstić information content (AvgIpc) is 3.51. The lowest BCUT2D eigenvalue weighted by atomic mass is 10.1. The van der Waals surface area contributed by atoms with Gasteiger partial charge in [-0.2, -0.15) is 0 Å². The van der Waals surface area contributed by atoms with Gasteiger partial charge in [0.2, 0.25) is 5.91 Å². The Labute approximate surface area is 181 Å². The molecule has 1 aliphatic heterocycles. The first-order valence-corrected chi connectivity index (χ1v) is 10.7. The Morgan fingerprint density at radius 1 is 1.17 bits per heavy atom. The van der Waals surface area contributed by atoms with E-state index in [0.717, 1.165) is 38.9 Å². The molecule has 2 aliphatic rings. The van der Waals surface area contributed by atoms with E-state index in [1.165, 1.54) is 12.7 Å². The SMILES string of the molecule is COc1cc(NC(=O)C2CC2)c(Cl)cc1C(=O)N[C@@H]1CCN(Cc2ccccc2)C1. The molecule has 1 aliphatic carbocycles. The van der Waals surface area contributed by atoms with Crippen molar-refractivity contribution in [2.45, 2.75) is 31.8 Å². The fraction of sp³-hybridized carbons (Fsp3) is 0.391. The van der Waals surface area contributed by atoms with E-state index in [2.05, 4.69) is 27.7 Å². The van der Waals surface area contributed by atoms with Crippen molar-refractivity contribution in [2.24, 2.45) is 5.92 Å². The first-order valence-electron chi connectivity index (χ1n) is 10.3. The van der Waals surface area contributed by atoms with Crippen LogP contribution in [-0.2, 0) is 11.3 Å². The smallest absolute Gasteiger partial charge is 0.255 e. The summed E-state index contributed by atoms with van der Waals surface area (Å²) in [6.07, 6.45) is 2.71. The fourth-order valence-electron chi connectivity index (χ4n) is 3.77. The molecule has 0 aromatic heterocycles. The summed E-state index contributed by atoms with van der Waals surface area (Å²) >= 11 is 6.34. The van der Waals surface area contributed by atoms with Gasteiger partial charge in [-0.25, -0.2) is 0 Å². The molecular weight excluding hydrogens is 402 g/mol. The number of amides is 2. The molecule has 2 aromatic carbocycles. The molecular formula is C23H26ClN3O3. The number of hydrogen-bond donors (Lipinski definition) is 2. The lowest BCUT2D eigenvalue weighted by Gasteiger charge is -2.18. The minimum atomic E-state index is -0.222. The van der Waals surface area contributed by atoms with E-state index in [4.69, 9.17) is 16.3 Å². The molecule has 2 fully saturated rings. The number of nitrogens with one attached hydrogen (secondary N) is 2. The minimum absolute atomic E-state index is 0.0411. The topological polar surface area (TPSA) is 70.7 Å². The molecule has 1 heterocycles. The Balaban J connectivity index is 1.39. The van der Waals surface area contributed by atoms with Gasteiger partial charge in [0.1, 0.15) is 5.75 Å². The number of carbonyl (C=O) groups excluding carboxylic acids is 2. The van der Waals surface area contributed by atoms with Crippen LogP contribution < -0.4 is 15.4 Å². The minimum Gasteiger partial charge on any atom is -0.496 e. The number of halogens is 1. The van der Waals surface area contributed by atoms with Crippen LogP contribution in [0.3, 0.4) is 0 Å². The number of nitrogens with zero attached hydrogens (tertiary/aromatic N) is 1. The Kier molecular flexibility index (Phi) is 6.25. The van der Waals surface area contributed by atoms with E-state index in [-0.39, 0.29) is 23.8 Å². The van der Waals surface area contributed by atoms with Crippen LogP contribution in [0.2, 0.25) is 5.02 Å². The zero-order valence-electron chi connectivity index (χ0n) is 17.0. The van der Waals surface area contributed by atoms with Gasteiger partial charge >= 0.3 is 0 Å². The van der Waals surface area contributed by atoms with Gasteiger partial charge in [-0.15, -0.1) is 0 Å². The molecule has 0 unspecified atom stereocenters. The van der Waals surface area contributed by atoms with Crippen molar-refractivity contribution < 1.29 is 14.3 Å². The van der Waals surface area contributed by atoms with Crippen molar-refractivity contribution in [3.8, 4) is 5.75 Å². The number of benzene rings is 2. The largest absolute Gasteiger partial charge is 0.496 e. The van der Waals surface area contributed by atoms with E-state index in [1.807, 2.05) is 18.2 Å². The molecule has 0 radical (unpaired) electrons. The monoisotopic (exact) mass is 427 g/mol. The predicted octanol–water partition coefficient (Wildman–Crippen LogP) is 3.70. The summed E-state index contributed by atoms with van der Waals surface area (Å²) in [5.41, 5.74) is 2.10. The highest BCUT2D eigenvalue weighted by molar-refractivity contribution is 6.34. The molecule has 0 bridgehead atoms. The van der Waals surface area contributed by atoms with E-state index >= 15 is 0 Å². The Hall–Kier alpha value is -2.57. The molecule has 1 saturated carbocycles. The first-order chi connectivity index (χ1) is 14.5. The maximum atomic E-state index is 12.9. The van der Waals surface area contributed by atoms with Crippen LogP contribution in [-0.4, -0.2) is 43.0 Å². The summed E-state index contributed by atoms with van der Waals surface area (Å²) < 4.78 is 5.40. The lowest BCUT2D eigenvalue weighted by Crippen LogP contribution is -2.37. The van der Waals surface area contributed by atoms with Crippen LogP contribution in [0.5, 0.6) is 5.75 Å². The van der Waals surface area contributed by atoms with Gasteiger partial charge in [-0.3, -0.25) is 14.5 Å². The van der Waals surface area contributed by atoms with Crippen molar-refractivity contribution in [3.63, 3.8) is 0 Å². The summed E-state index contributed by atoms with van der Waals surface area (Å²) in [4.78, 5) is 27.3. The second kappa shape index (κ2) is 9.06. The second-order valence-corrected chi connectivity index (χ2v) is 8.38. The lowest BCUT2D eigenvalue weighted by molar-refractivity contribution is -0.117. The van der Waals surface area contributed by atoms with Crippen molar-refractivity contribution in [1.29, 1.82) is 0 Å². The molecule has 2 aromatic rings. The number of rotatable bonds is 7. The van der Waals surface area contributed by atoms with Gasteiger partial charge in [0.15, 0.2) is 0 Å². The molecule has 4 rings (SSSR count). The van der Waals surface area contributed by atoms with E-state index in [0.29, 0.717) is 22.0 Å². The van der Waals surface area contributed by atoms with Crippen LogP contribution in [0.4, 0.5) is 5.69 Å². The highest BCUT2D eigenvalue weighted by Gasteiger charge is 2.30. The van der Waals surface area contributed by atoms with E-state index in [9.17, 15) is 9.59 Å². The third kappa shape index (κ3) is 4.94. The normalized spacial score (nSPS) is 18.8. The van der Waals surface area contributed by atoms with Gasteiger partial charge in [0.05, 0.1) is 23.4 Å². The van der Waals surface area contributed by atoms with Crippen molar-refractivity contribution >= 4 is 29.1 Å². The van der Waals surface area contributed by atoms with Gasteiger partial charge in [0.25, 0.3) is 5.91 Å². The Bertz CT molecular complexity index is 931. The predicted molar refractivity (Wildman–Crippen MR) is 117 cm³/mol. The summed E-state index contributed by atoms with van der Waals surface area (Å²) in [7, 11) is 1.50. The van der Waals surface area contributed by atoms with Crippen LogP contribution in [0.15, 0.2) is 42.5 Å². The molecule has 6 nitrogen and oxygen atoms in total. The highest BCUT2D eigenvalue weighted by atomic mass is 35.5. The molecule has 7 heteroatoms. The number of methoxy groups -OCH3 is 1. The molecule has 1 atom stereocenters. The molecule has 0 spiro atoms. The number of likely N-dealkylation sites (tertiary alicyclic amines) is 1. The van der Waals surface area contributed by atoms with Gasteiger partial charge < -0.3 is 15.4 Å². The van der Waals surface area contributed by atoms with Gasteiger partial charge in [0, 0.05) is 37.7 Å². The number of carbonyl (C=O) groups is 2.